The van der Waals surface area contributed by atoms with E-state index in [0.29, 0.717) is 11.6 Å². The summed E-state index contributed by atoms with van der Waals surface area (Å²) in [6.45, 7) is 0. The molecule has 158 valence electrons. The van der Waals surface area contributed by atoms with Gasteiger partial charge in [-0.15, -0.1) is 0 Å². The Morgan fingerprint density at radius 2 is 1.56 bits per heavy atom. The lowest BCUT2D eigenvalue weighted by molar-refractivity contribution is -0.110. The van der Waals surface area contributed by atoms with Crippen LogP contribution >= 0.6 is 15.9 Å². The minimum Gasteiger partial charge on any atom is -0.497 e. The average Bonchev–Trinajstić information content (AvgIpc) is 2.83. The standard InChI is InChI=1S/C27H20BrNO3/c1-31-24-14-7-19(8-15-24)6-12-23(30)13-9-21-18-20-4-2-3-5-26(20)29-27(21)32-25-16-10-22(28)11-17-25/h2-18H,1H3/b12-6+,13-9+. The molecule has 0 aliphatic rings. The second-order valence-corrected chi connectivity index (χ2v) is 7.89. The van der Waals surface area contributed by atoms with Gasteiger partial charge in [-0.2, -0.15) is 0 Å². The lowest BCUT2D eigenvalue weighted by atomic mass is 10.1. The van der Waals surface area contributed by atoms with E-state index in [1.165, 1.54) is 12.2 Å². The molecular formula is C27H20BrNO3. The second-order valence-electron chi connectivity index (χ2n) is 6.97. The quantitative estimate of drug-likeness (QED) is 0.262. The fraction of sp³-hybridized carbons (Fsp3) is 0.0370. The molecule has 0 atom stereocenters. The Morgan fingerprint density at radius 1 is 0.875 bits per heavy atom. The van der Waals surface area contributed by atoms with Crippen molar-refractivity contribution in [2.24, 2.45) is 0 Å². The largest absolute Gasteiger partial charge is 0.497 e. The van der Waals surface area contributed by atoms with E-state index in [0.717, 1.165) is 32.3 Å². The van der Waals surface area contributed by atoms with Gasteiger partial charge in [0.2, 0.25) is 5.88 Å². The Balaban J connectivity index is 1.58. The molecule has 0 radical (unpaired) electrons. The highest BCUT2D eigenvalue weighted by Crippen LogP contribution is 2.29. The minimum absolute atomic E-state index is 0.136. The second kappa shape index (κ2) is 10.1. The number of carbonyl (C=O) groups excluding carboxylic acids is 1. The summed E-state index contributed by atoms with van der Waals surface area (Å²) in [6.07, 6.45) is 6.54. The number of para-hydroxylation sites is 1. The van der Waals surface area contributed by atoms with E-state index >= 15 is 0 Å². The molecule has 1 heterocycles. The highest BCUT2D eigenvalue weighted by Gasteiger charge is 2.08. The molecule has 0 spiro atoms. The Bertz CT molecular complexity index is 1290. The Hall–Kier alpha value is -3.70. The number of hydrogen-bond acceptors (Lipinski definition) is 4. The maximum absolute atomic E-state index is 12.4. The van der Waals surface area contributed by atoms with E-state index in [2.05, 4.69) is 20.9 Å². The number of ketones is 1. The third-order valence-electron chi connectivity index (χ3n) is 4.73. The van der Waals surface area contributed by atoms with Crippen molar-refractivity contribution >= 4 is 44.8 Å². The van der Waals surface area contributed by atoms with Crippen LogP contribution < -0.4 is 9.47 Å². The number of halogens is 1. The van der Waals surface area contributed by atoms with Gasteiger partial charge in [0.15, 0.2) is 5.78 Å². The van der Waals surface area contributed by atoms with Crippen LogP contribution in [-0.4, -0.2) is 17.9 Å². The van der Waals surface area contributed by atoms with Crippen LogP contribution in [0, 0.1) is 0 Å². The number of fused-ring (bicyclic) bond motifs is 1. The fourth-order valence-electron chi connectivity index (χ4n) is 3.05. The van der Waals surface area contributed by atoms with Crippen LogP contribution in [0.15, 0.2) is 95.5 Å². The van der Waals surface area contributed by atoms with Gasteiger partial charge in [-0.3, -0.25) is 4.79 Å². The van der Waals surface area contributed by atoms with Crippen LogP contribution in [0.3, 0.4) is 0 Å². The third-order valence-corrected chi connectivity index (χ3v) is 5.26. The first-order valence-electron chi connectivity index (χ1n) is 9.98. The molecule has 1 aromatic heterocycles. The average molecular weight is 486 g/mol. The lowest BCUT2D eigenvalue weighted by Gasteiger charge is -2.09. The molecular weight excluding hydrogens is 466 g/mol. The van der Waals surface area contributed by atoms with Gasteiger partial charge in [0.1, 0.15) is 11.5 Å². The number of pyridine rings is 1. The van der Waals surface area contributed by atoms with Gasteiger partial charge in [0, 0.05) is 15.4 Å². The topological polar surface area (TPSA) is 48.4 Å². The maximum atomic E-state index is 12.4. The molecule has 0 bridgehead atoms. The molecule has 3 aromatic carbocycles. The first-order valence-corrected chi connectivity index (χ1v) is 10.8. The Kier molecular flexibility index (Phi) is 6.78. The molecule has 0 amide bonds. The highest BCUT2D eigenvalue weighted by molar-refractivity contribution is 9.10. The number of rotatable bonds is 7. The molecule has 0 saturated carbocycles. The summed E-state index contributed by atoms with van der Waals surface area (Å²) in [5.74, 6) is 1.74. The van der Waals surface area contributed by atoms with Gasteiger partial charge in [-0.1, -0.05) is 52.3 Å². The summed E-state index contributed by atoms with van der Waals surface area (Å²) in [5, 5.41) is 0.969. The van der Waals surface area contributed by atoms with Gasteiger partial charge in [0.05, 0.1) is 12.6 Å². The zero-order valence-corrected chi connectivity index (χ0v) is 19.0. The summed E-state index contributed by atoms with van der Waals surface area (Å²) < 4.78 is 12.1. The van der Waals surface area contributed by atoms with Crippen molar-refractivity contribution < 1.29 is 14.3 Å². The SMILES string of the molecule is COc1ccc(/C=C/C(=O)/C=C/c2cc3ccccc3nc2Oc2ccc(Br)cc2)cc1. The van der Waals surface area contributed by atoms with Crippen LogP contribution in [0.25, 0.3) is 23.1 Å². The van der Waals surface area contributed by atoms with Crippen molar-refractivity contribution in [2.45, 2.75) is 0 Å². The van der Waals surface area contributed by atoms with Crippen LogP contribution in [-0.2, 0) is 4.79 Å². The normalized spacial score (nSPS) is 11.3. The zero-order valence-electron chi connectivity index (χ0n) is 17.4. The Morgan fingerprint density at radius 3 is 2.31 bits per heavy atom. The summed E-state index contributed by atoms with van der Waals surface area (Å²) in [4.78, 5) is 17.1. The molecule has 0 aliphatic carbocycles. The van der Waals surface area contributed by atoms with Gasteiger partial charge >= 0.3 is 0 Å². The van der Waals surface area contributed by atoms with Crippen LogP contribution in [0.2, 0.25) is 0 Å². The van der Waals surface area contributed by atoms with E-state index < -0.39 is 0 Å². The van der Waals surface area contributed by atoms with Crippen molar-refractivity contribution in [2.75, 3.05) is 7.11 Å². The predicted octanol–water partition coefficient (Wildman–Crippen LogP) is 7.09. The van der Waals surface area contributed by atoms with Crippen molar-refractivity contribution in [1.29, 1.82) is 0 Å². The molecule has 0 aliphatic heterocycles. The minimum atomic E-state index is -0.136. The molecule has 0 fully saturated rings. The van der Waals surface area contributed by atoms with Gasteiger partial charge in [0.25, 0.3) is 0 Å². The summed E-state index contributed by atoms with van der Waals surface area (Å²) in [5.41, 5.74) is 2.46. The van der Waals surface area contributed by atoms with Crippen molar-refractivity contribution in [1.82, 2.24) is 4.98 Å². The first kappa shape index (κ1) is 21.5. The molecule has 4 rings (SSSR count). The molecule has 0 N–H and O–H groups in total. The molecule has 0 saturated heterocycles. The van der Waals surface area contributed by atoms with Gasteiger partial charge in [-0.05, 0) is 72.3 Å². The van der Waals surface area contributed by atoms with Crippen molar-refractivity contribution in [3.8, 4) is 17.4 Å². The number of hydrogen-bond donors (Lipinski definition) is 0. The van der Waals surface area contributed by atoms with Gasteiger partial charge < -0.3 is 9.47 Å². The molecule has 5 heteroatoms. The van der Waals surface area contributed by atoms with Crippen LogP contribution in [0.5, 0.6) is 17.4 Å². The predicted molar refractivity (Wildman–Crippen MR) is 132 cm³/mol. The number of allylic oxidation sites excluding steroid dienone is 2. The molecule has 4 aromatic rings. The van der Waals surface area contributed by atoms with Gasteiger partial charge in [-0.25, -0.2) is 4.98 Å². The molecule has 4 nitrogen and oxygen atoms in total. The zero-order chi connectivity index (χ0) is 22.3. The fourth-order valence-corrected chi connectivity index (χ4v) is 3.32. The number of nitrogens with zero attached hydrogens (tertiary/aromatic N) is 1. The third kappa shape index (κ3) is 5.50. The van der Waals surface area contributed by atoms with E-state index in [1.54, 1.807) is 19.3 Å². The van der Waals surface area contributed by atoms with Crippen molar-refractivity contribution in [3.63, 3.8) is 0 Å². The smallest absolute Gasteiger partial charge is 0.227 e. The number of ether oxygens (including phenoxy) is 2. The monoisotopic (exact) mass is 485 g/mol. The number of aromatic nitrogens is 1. The van der Waals surface area contributed by atoms with Crippen molar-refractivity contribution in [3.05, 3.63) is 107 Å². The maximum Gasteiger partial charge on any atom is 0.227 e. The summed E-state index contributed by atoms with van der Waals surface area (Å²) in [7, 11) is 1.62. The number of carbonyl (C=O) groups is 1. The van der Waals surface area contributed by atoms with E-state index in [9.17, 15) is 4.79 Å². The molecule has 0 unspecified atom stereocenters. The first-order chi connectivity index (χ1) is 15.6. The summed E-state index contributed by atoms with van der Waals surface area (Å²) in [6, 6.07) is 24.8. The van der Waals surface area contributed by atoms with E-state index in [-0.39, 0.29) is 5.78 Å². The summed E-state index contributed by atoms with van der Waals surface area (Å²) >= 11 is 3.42. The van der Waals surface area contributed by atoms with Crippen LogP contribution in [0.1, 0.15) is 11.1 Å². The number of methoxy groups -OCH3 is 1. The van der Waals surface area contributed by atoms with Crippen LogP contribution in [0.4, 0.5) is 0 Å². The number of benzene rings is 3. The highest BCUT2D eigenvalue weighted by atomic mass is 79.9. The lowest BCUT2D eigenvalue weighted by Crippen LogP contribution is -1.93. The molecule has 32 heavy (non-hydrogen) atoms. The van der Waals surface area contributed by atoms with E-state index in [4.69, 9.17) is 9.47 Å². The Labute approximate surface area is 195 Å². The van der Waals surface area contributed by atoms with E-state index in [1.807, 2.05) is 78.9 Å².